The maximum absolute atomic E-state index is 12.8. The van der Waals surface area contributed by atoms with Gasteiger partial charge in [0.15, 0.2) is 0 Å². The van der Waals surface area contributed by atoms with Crippen molar-refractivity contribution < 1.29 is 9.72 Å². The standard InChI is InChI=1S/C17H16Cl2N2O3/c1-3-20(10-12-7-8-14(18)15(19)9-12)17(22)13-5-4-6-16(11(13)2)21(23)24/h4-9H,3,10H2,1-2H3. The van der Waals surface area contributed by atoms with Crippen LogP contribution >= 0.6 is 23.2 Å². The first kappa shape index (κ1) is 18.2. The number of carbonyl (C=O) groups is 1. The molecule has 0 aromatic heterocycles. The first-order valence-electron chi connectivity index (χ1n) is 7.32. The van der Waals surface area contributed by atoms with Crippen molar-refractivity contribution in [3.63, 3.8) is 0 Å². The Morgan fingerprint density at radius 3 is 2.50 bits per heavy atom. The normalized spacial score (nSPS) is 10.5. The summed E-state index contributed by atoms with van der Waals surface area (Å²) < 4.78 is 0. The van der Waals surface area contributed by atoms with Gasteiger partial charge in [0.25, 0.3) is 11.6 Å². The van der Waals surface area contributed by atoms with Crippen LogP contribution in [0.5, 0.6) is 0 Å². The average Bonchev–Trinajstić information content (AvgIpc) is 2.55. The summed E-state index contributed by atoms with van der Waals surface area (Å²) in [6.07, 6.45) is 0. The van der Waals surface area contributed by atoms with E-state index in [-0.39, 0.29) is 11.6 Å². The largest absolute Gasteiger partial charge is 0.335 e. The van der Waals surface area contributed by atoms with Gasteiger partial charge < -0.3 is 4.90 Å². The molecular weight excluding hydrogens is 351 g/mol. The van der Waals surface area contributed by atoms with Gasteiger partial charge in [-0.15, -0.1) is 0 Å². The van der Waals surface area contributed by atoms with Crippen molar-refractivity contribution in [1.82, 2.24) is 4.90 Å². The van der Waals surface area contributed by atoms with E-state index in [9.17, 15) is 14.9 Å². The molecule has 0 spiro atoms. The Morgan fingerprint density at radius 2 is 1.92 bits per heavy atom. The summed E-state index contributed by atoms with van der Waals surface area (Å²) in [7, 11) is 0. The zero-order valence-electron chi connectivity index (χ0n) is 13.3. The van der Waals surface area contributed by atoms with Crippen molar-refractivity contribution in [1.29, 1.82) is 0 Å². The highest BCUT2D eigenvalue weighted by Crippen LogP contribution is 2.25. The van der Waals surface area contributed by atoms with Crippen molar-refractivity contribution in [2.75, 3.05) is 6.54 Å². The van der Waals surface area contributed by atoms with Crippen molar-refractivity contribution in [2.45, 2.75) is 20.4 Å². The minimum Gasteiger partial charge on any atom is -0.335 e. The van der Waals surface area contributed by atoms with E-state index in [2.05, 4.69) is 0 Å². The van der Waals surface area contributed by atoms with Crippen LogP contribution in [0.4, 0.5) is 5.69 Å². The summed E-state index contributed by atoms with van der Waals surface area (Å²) in [5.74, 6) is -0.259. The van der Waals surface area contributed by atoms with E-state index >= 15 is 0 Å². The Kier molecular flexibility index (Phi) is 5.80. The number of hydrogen-bond acceptors (Lipinski definition) is 3. The Balaban J connectivity index is 2.30. The topological polar surface area (TPSA) is 63.5 Å². The zero-order chi connectivity index (χ0) is 17.9. The molecule has 126 valence electrons. The highest BCUT2D eigenvalue weighted by Gasteiger charge is 2.21. The fourth-order valence-corrected chi connectivity index (χ4v) is 2.73. The van der Waals surface area contributed by atoms with Crippen LogP contribution < -0.4 is 0 Å². The molecule has 0 unspecified atom stereocenters. The Bertz CT molecular complexity index is 793. The second kappa shape index (κ2) is 7.64. The van der Waals surface area contributed by atoms with Gasteiger partial charge in [0.2, 0.25) is 0 Å². The SMILES string of the molecule is CCN(Cc1ccc(Cl)c(Cl)c1)C(=O)c1cccc([N+](=O)[O-])c1C. The third kappa shape index (κ3) is 3.86. The molecule has 2 rings (SSSR count). The molecule has 0 aliphatic heterocycles. The van der Waals surface area contributed by atoms with Crippen molar-refractivity contribution in [2.24, 2.45) is 0 Å². The predicted molar refractivity (Wildman–Crippen MR) is 94.7 cm³/mol. The second-order valence-corrected chi connectivity index (χ2v) is 6.09. The molecule has 24 heavy (non-hydrogen) atoms. The molecule has 0 radical (unpaired) electrons. The van der Waals surface area contributed by atoms with E-state index in [1.165, 1.54) is 12.1 Å². The molecular formula is C17H16Cl2N2O3. The van der Waals surface area contributed by atoms with Gasteiger partial charge in [-0.25, -0.2) is 0 Å². The fourth-order valence-electron chi connectivity index (χ4n) is 2.41. The van der Waals surface area contributed by atoms with Gasteiger partial charge in [0, 0.05) is 30.3 Å². The van der Waals surface area contributed by atoms with Gasteiger partial charge in [0.1, 0.15) is 0 Å². The van der Waals surface area contributed by atoms with Crippen molar-refractivity contribution in [3.8, 4) is 0 Å². The van der Waals surface area contributed by atoms with Crippen LogP contribution in [0.25, 0.3) is 0 Å². The van der Waals surface area contributed by atoms with Gasteiger partial charge in [0.05, 0.1) is 15.0 Å². The smallest absolute Gasteiger partial charge is 0.273 e. The van der Waals surface area contributed by atoms with Crippen LogP contribution in [-0.4, -0.2) is 22.3 Å². The van der Waals surface area contributed by atoms with Crippen LogP contribution in [-0.2, 0) is 6.54 Å². The molecule has 2 aromatic rings. The minimum atomic E-state index is -0.485. The van der Waals surface area contributed by atoms with Crippen LogP contribution in [0.3, 0.4) is 0 Å². The lowest BCUT2D eigenvalue weighted by molar-refractivity contribution is -0.385. The first-order chi connectivity index (χ1) is 11.3. The maximum Gasteiger partial charge on any atom is 0.273 e. The van der Waals surface area contributed by atoms with Gasteiger partial charge in [-0.2, -0.15) is 0 Å². The summed E-state index contributed by atoms with van der Waals surface area (Å²) >= 11 is 11.9. The number of hydrogen-bond donors (Lipinski definition) is 0. The van der Waals surface area contributed by atoms with Crippen LogP contribution in [0, 0.1) is 17.0 Å². The summed E-state index contributed by atoms with van der Waals surface area (Å²) in [6, 6.07) is 9.69. The molecule has 0 saturated heterocycles. The molecule has 0 saturated carbocycles. The average molecular weight is 367 g/mol. The molecule has 1 amide bonds. The molecule has 5 nitrogen and oxygen atoms in total. The molecule has 0 aliphatic carbocycles. The number of rotatable bonds is 5. The Labute approximate surface area is 149 Å². The van der Waals surface area contributed by atoms with E-state index in [0.717, 1.165) is 5.56 Å². The number of nitro benzene ring substituents is 1. The highest BCUT2D eigenvalue weighted by molar-refractivity contribution is 6.42. The number of carbonyl (C=O) groups excluding carboxylic acids is 1. The summed E-state index contributed by atoms with van der Waals surface area (Å²) in [5, 5.41) is 11.9. The van der Waals surface area contributed by atoms with E-state index < -0.39 is 4.92 Å². The van der Waals surface area contributed by atoms with E-state index in [1.807, 2.05) is 6.92 Å². The summed E-state index contributed by atoms with van der Waals surface area (Å²) in [6.45, 7) is 4.23. The molecule has 0 heterocycles. The summed E-state index contributed by atoms with van der Waals surface area (Å²) in [4.78, 5) is 24.9. The molecule has 0 aliphatic rings. The van der Waals surface area contributed by atoms with E-state index in [1.54, 1.807) is 36.1 Å². The van der Waals surface area contributed by atoms with Crippen molar-refractivity contribution >= 4 is 34.8 Å². The Morgan fingerprint density at radius 1 is 1.21 bits per heavy atom. The third-order valence-electron chi connectivity index (χ3n) is 3.76. The van der Waals surface area contributed by atoms with Crippen LogP contribution in [0.15, 0.2) is 36.4 Å². The van der Waals surface area contributed by atoms with E-state index in [0.29, 0.717) is 34.3 Å². The van der Waals surface area contributed by atoms with Crippen LogP contribution in [0.1, 0.15) is 28.4 Å². The van der Waals surface area contributed by atoms with Gasteiger partial charge in [-0.3, -0.25) is 14.9 Å². The molecule has 0 atom stereocenters. The predicted octanol–water partition coefficient (Wildman–Crippen LogP) is 4.87. The van der Waals surface area contributed by atoms with Crippen molar-refractivity contribution in [3.05, 3.63) is 73.2 Å². The quantitative estimate of drug-likeness (QED) is 0.559. The van der Waals surface area contributed by atoms with Gasteiger partial charge >= 0.3 is 0 Å². The summed E-state index contributed by atoms with van der Waals surface area (Å²) in [5.41, 5.74) is 1.46. The second-order valence-electron chi connectivity index (χ2n) is 5.27. The lowest BCUT2D eigenvalue weighted by Gasteiger charge is -2.22. The van der Waals surface area contributed by atoms with Gasteiger partial charge in [-0.05, 0) is 37.6 Å². The number of benzene rings is 2. The third-order valence-corrected chi connectivity index (χ3v) is 4.50. The highest BCUT2D eigenvalue weighted by atomic mass is 35.5. The molecule has 0 bridgehead atoms. The van der Waals surface area contributed by atoms with E-state index in [4.69, 9.17) is 23.2 Å². The number of amides is 1. The van der Waals surface area contributed by atoms with Gasteiger partial charge in [-0.1, -0.05) is 35.3 Å². The minimum absolute atomic E-state index is 0.0635. The Hall–Kier alpha value is -2.11. The lowest BCUT2D eigenvalue weighted by atomic mass is 10.1. The molecule has 2 aromatic carbocycles. The number of nitrogens with zero attached hydrogens (tertiary/aromatic N) is 2. The molecule has 0 fully saturated rings. The fraction of sp³-hybridized carbons (Fsp3) is 0.235. The molecule has 0 N–H and O–H groups in total. The number of halogens is 2. The zero-order valence-corrected chi connectivity index (χ0v) is 14.8. The maximum atomic E-state index is 12.8. The first-order valence-corrected chi connectivity index (χ1v) is 8.08. The monoisotopic (exact) mass is 366 g/mol. The number of nitro groups is 1. The molecule has 7 heteroatoms. The van der Waals surface area contributed by atoms with Crippen LogP contribution in [0.2, 0.25) is 10.0 Å². The lowest BCUT2D eigenvalue weighted by Crippen LogP contribution is -2.31.